The molecule has 1 aromatic carbocycles. The van der Waals surface area contributed by atoms with Crippen LogP contribution in [-0.4, -0.2) is 6.79 Å². The van der Waals surface area contributed by atoms with Crippen LogP contribution in [0.15, 0.2) is 16.6 Å². The fraction of sp³-hybridized carbons (Fsp3) is 0.300. The van der Waals surface area contributed by atoms with Gasteiger partial charge in [0.1, 0.15) is 0 Å². The van der Waals surface area contributed by atoms with Gasteiger partial charge in [-0.3, -0.25) is 0 Å². The Balaban J connectivity index is 2.48. The second-order valence-electron chi connectivity index (χ2n) is 3.08. The van der Waals surface area contributed by atoms with Gasteiger partial charge in [0.05, 0.1) is 12.0 Å². The summed E-state index contributed by atoms with van der Waals surface area (Å²) in [7, 11) is 0. The maximum absolute atomic E-state index is 8.82. The minimum Gasteiger partial charge on any atom is -0.454 e. The van der Waals surface area contributed by atoms with Gasteiger partial charge in [0.2, 0.25) is 6.79 Å². The normalized spacial score (nSPS) is 14.9. The Bertz CT molecular complexity index is 411. The van der Waals surface area contributed by atoms with Crippen molar-refractivity contribution in [2.75, 3.05) is 6.79 Å². The molecule has 1 aliphatic heterocycles. The zero-order valence-corrected chi connectivity index (χ0v) is 9.17. The van der Waals surface area contributed by atoms with Crippen molar-refractivity contribution in [3.8, 4) is 17.6 Å². The van der Waals surface area contributed by atoms with Crippen LogP contribution < -0.4 is 9.47 Å². The number of halogens is 1. The zero-order valence-electron chi connectivity index (χ0n) is 7.58. The summed E-state index contributed by atoms with van der Waals surface area (Å²) in [6.07, 6.45) is 0. The molecule has 1 aliphatic rings. The van der Waals surface area contributed by atoms with Crippen LogP contribution >= 0.6 is 15.9 Å². The van der Waals surface area contributed by atoms with Crippen molar-refractivity contribution in [1.29, 1.82) is 5.26 Å². The summed E-state index contributed by atoms with van der Waals surface area (Å²) in [6.45, 7) is 2.11. The van der Waals surface area contributed by atoms with Crippen molar-refractivity contribution < 1.29 is 9.47 Å². The molecule has 14 heavy (non-hydrogen) atoms. The van der Waals surface area contributed by atoms with Crippen molar-refractivity contribution in [2.24, 2.45) is 0 Å². The molecular weight excluding hydrogens is 246 g/mol. The molecule has 0 fully saturated rings. The molecule has 0 unspecified atom stereocenters. The van der Waals surface area contributed by atoms with Crippen molar-refractivity contribution in [2.45, 2.75) is 12.8 Å². The molecular formula is C10H8BrNO2. The number of hydrogen-bond acceptors (Lipinski definition) is 3. The van der Waals surface area contributed by atoms with Gasteiger partial charge < -0.3 is 9.47 Å². The lowest BCUT2D eigenvalue weighted by atomic mass is 10.0. The first-order valence-electron chi connectivity index (χ1n) is 4.21. The number of nitriles is 1. The van der Waals surface area contributed by atoms with Crippen LogP contribution in [-0.2, 0) is 0 Å². The van der Waals surface area contributed by atoms with E-state index in [2.05, 4.69) is 22.0 Å². The van der Waals surface area contributed by atoms with Crippen LogP contribution in [0.1, 0.15) is 18.4 Å². The van der Waals surface area contributed by atoms with Crippen LogP contribution in [0.3, 0.4) is 0 Å². The number of ether oxygens (including phenoxy) is 2. The fourth-order valence-corrected chi connectivity index (χ4v) is 2.00. The van der Waals surface area contributed by atoms with Gasteiger partial charge in [0.25, 0.3) is 0 Å². The second kappa shape index (κ2) is 3.50. The predicted octanol–water partition coefficient (Wildman–Crippen LogP) is 2.80. The zero-order chi connectivity index (χ0) is 10.1. The smallest absolute Gasteiger partial charge is 0.231 e. The summed E-state index contributed by atoms with van der Waals surface area (Å²) in [6, 6.07) is 5.87. The first kappa shape index (κ1) is 9.35. The van der Waals surface area contributed by atoms with E-state index in [1.54, 1.807) is 0 Å². The first-order chi connectivity index (χ1) is 6.72. The third-order valence-corrected chi connectivity index (χ3v) is 2.84. The summed E-state index contributed by atoms with van der Waals surface area (Å²) in [4.78, 5) is 0. The Morgan fingerprint density at radius 3 is 2.71 bits per heavy atom. The van der Waals surface area contributed by atoms with Gasteiger partial charge >= 0.3 is 0 Å². The molecule has 4 heteroatoms. The lowest BCUT2D eigenvalue weighted by Gasteiger charge is -2.07. The van der Waals surface area contributed by atoms with Crippen LogP contribution in [0, 0.1) is 11.3 Å². The molecule has 72 valence electrons. The minimum absolute atomic E-state index is 0.154. The molecule has 0 aliphatic carbocycles. The van der Waals surface area contributed by atoms with Gasteiger partial charge in [0.15, 0.2) is 11.5 Å². The highest BCUT2D eigenvalue weighted by Crippen LogP contribution is 2.39. The third kappa shape index (κ3) is 1.44. The van der Waals surface area contributed by atoms with E-state index in [0.29, 0.717) is 5.75 Å². The summed E-state index contributed by atoms with van der Waals surface area (Å²) in [5.74, 6) is 1.29. The van der Waals surface area contributed by atoms with Gasteiger partial charge in [-0.15, -0.1) is 0 Å². The predicted molar refractivity (Wildman–Crippen MR) is 54.3 cm³/mol. The standard InChI is InChI=1S/C10H8BrNO2/c1-6(4-12)7-2-9-10(3-8(7)11)14-5-13-9/h2-3,6H,5H2,1H3/t6-/m0/s1. The molecule has 3 nitrogen and oxygen atoms in total. The Morgan fingerprint density at radius 2 is 2.07 bits per heavy atom. The van der Waals surface area contributed by atoms with E-state index in [1.165, 1.54) is 0 Å². The molecule has 1 aromatic rings. The van der Waals surface area contributed by atoms with E-state index >= 15 is 0 Å². The van der Waals surface area contributed by atoms with Crippen molar-refractivity contribution in [3.63, 3.8) is 0 Å². The van der Waals surface area contributed by atoms with Crippen molar-refractivity contribution in [3.05, 3.63) is 22.2 Å². The molecule has 0 bridgehead atoms. The summed E-state index contributed by atoms with van der Waals surface area (Å²) >= 11 is 3.40. The summed E-state index contributed by atoms with van der Waals surface area (Å²) < 4.78 is 11.3. The maximum Gasteiger partial charge on any atom is 0.231 e. The molecule has 0 saturated heterocycles. The van der Waals surface area contributed by atoms with Gasteiger partial charge in [0, 0.05) is 4.47 Å². The Morgan fingerprint density at radius 1 is 1.43 bits per heavy atom. The van der Waals surface area contributed by atoms with Crippen LogP contribution in [0.25, 0.3) is 0 Å². The lowest BCUT2D eigenvalue weighted by molar-refractivity contribution is 0.174. The molecule has 1 heterocycles. The first-order valence-corrected chi connectivity index (χ1v) is 5.00. The van der Waals surface area contributed by atoms with E-state index in [4.69, 9.17) is 14.7 Å². The van der Waals surface area contributed by atoms with Crippen molar-refractivity contribution in [1.82, 2.24) is 0 Å². The SMILES string of the molecule is C[C@@H](C#N)c1cc2c(cc1Br)OCO2. The Labute approximate surface area is 90.4 Å². The van der Waals surface area contributed by atoms with Crippen LogP contribution in [0.5, 0.6) is 11.5 Å². The molecule has 2 rings (SSSR count). The molecule has 0 aromatic heterocycles. The fourth-order valence-electron chi connectivity index (χ4n) is 1.33. The van der Waals surface area contributed by atoms with E-state index in [0.717, 1.165) is 15.8 Å². The number of rotatable bonds is 1. The van der Waals surface area contributed by atoms with E-state index in [1.807, 2.05) is 19.1 Å². The molecule has 0 radical (unpaired) electrons. The molecule has 0 spiro atoms. The minimum atomic E-state index is -0.154. The topological polar surface area (TPSA) is 42.2 Å². The number of hydrogen-bond donors (Lipinski definition) is 0. The van der Waals surface area contributed by atoms with Gasteiger partial charge in [-0.05, 0) is 24.6 Å². The highest BCUT2D eigenvalue weighted by atomic mass is 79.9. The van der Waals surface area contributed by atoms with Gasteiger partial charge in [-0.2, -0.15) is 5.26 Å². The van der Waals surface area contributed by atoms with E-state index < -0.39 is 0 Å². The quantitative estimate of drug-likeness (QED) is 0.773. The molecule has 0 N–H and O–H groups in total. The average Bonchev–Trinajstić information content (AvgIpc) is 2.62. The highest BCUT2D eigenvalue weighted by molar-refractivity contribution is 9.10. The number of fused-ring (bicyclic) bond motifs is 1. The van der Waals surface area contributed by atoms with Crippen LogP contribution in [0.4, 0.5) is 0 Å². The monoisotopic (exact) mass is 253 g/mol. The summed E-state index contributed by atoms with van der Waals surface area (Å²) in [5, 5.41) is 8.82. The van der Waals surface area contributed by atoms with Crippen molar-refractivity contribution >= 4 is 15.9 Å². The molecule has 0 saturated carbocycles. The lowest BCUT2D eigenvalue weighted by Crippen LogP contribution is -1.93. The Hall–Kier alpha value is -1.21. The second-order valence-corrected chi connectivity index (χ2v) is 3.93. The number of nitrogens with zero attached hydrogens (tertiary/aromatic N) is 1. The van der Waals surface area contributed by atoms with Gasteiger partial charge in [-0.25, -0.2) is 0 Å². The van der Waals surface area contributed by atoms with Gasteiger partial charge in [-0.1, -0.05) is 15.9 Å². The van der Waals surface area contributed by atoms with E-state index in [-0.39, 0.29) is 12.7 Å². The highest BCUT2D eigenvalue weighted by Gasteiger charge is 2.18. The summed E-state index contributed by atoms with van der Waals surface area (Å²) in [5.41, 5.74) is 0.928. The van der Waals surface area contributed by atoms with E-state index in [9.17, 15) is 0 Å². The Kier molecular flexibility index (Phi) is 2.34. The molecule has 0 amide bonds. The van der Waals surface area contributed by atoms with Crippen LogP contribution in [0.2, 0.25) is 0 Å². The maximum atomic E-state index is 8.82. The molecule has 1 atom stereocenters. The number of benzene rings is 1. The average molecular weight is 254 g/mol. The largest absolute Gasteiger partial charge is 0.454 e. The third-order valence-electron chi connectivity index (χ3n) is 2.15.